The van der Waals surface area contributed by atoms with Gasteiger partial charge in [-0.1, -0.05) is 117 Å². The molecule has 0 spiro atoms. The number of aromatic nitrogens is 3. The summed E-state index contributed by atoms with van der Waals surface area (Å²) in [6.45, 7) is 13.2. The fourth-order valence-electron chi connectivity index (χ4n) is 7.93. The van der Waals surface area contributed by atoms with Crippen molar-refractivity contribution in [1.29, 1.82) is 0 Å². The summed E-state index contributed by atoms with van der Waals surface area (Å²) in [5, 5.41) is 7.14. The van der Waals surface area contributed by atoms with E-state index < -0.39 is 0 Å². The smallest absolute Gasteiger partial charge is 0.121 e. The van der Waals surface area contributed by atoms with Gasteiger partial charge < -0.3 is 14.0 Å². The molecule has 0 amide bonds. The van der Waals surface area contributed by atoms with Crippen LogP contribution in [-0.4, -0.2) is 14.5 Å². The molecule has 0 saturated heterocycles. The van der Waals surface area contributed by atoms with Crippen LogP contribution < -0.4 is 0 Å². The summed E-state index contributed by atoms with van der Waals surface area (Å²) in [4.78, 5) is 9.63. The first-order valence-corrected chi connectivity index (χ1v) is 19.5. The molecule has 10 aromatic rings. The van der Waals surface area contributed by atoms with Gasteiger partial charge in [0.05, 0.1) is 22.4 Å². The minimum Gasteiger partial charge on any atom is -0.501 e. The summed E-state index contributed by atoms with van der Waals surface area (Å²) in [5.74, 6) is 1.80. The number of fused-ring (bicyclic) bond motifs is 7. The summed E-state index contributed by atoms with van der Waals surface area (Å²) in [5.41, 5.74) is 13.1. The quantitative estimate of drug-likeness (QED) is 0.128. The summed E-state index contributed by atoms with van der Waals surface area (Å²) in [6.07, 6.45) is 1.92. The molecule has 3 heterocycles. The number of hydrogen-bond acceptors (Lipinski definition) is 3. The molecule has 0 N–H and O–H groups in total. The molecular weight excluding hydrogens is 875 g/mol. The van der Waals surface area contributed by atoms with Crippen LogP contribution in [0.2, 0.25) is 0 Å². The Bertz CT molecular complexity index is 3040. The van der Waals surface area contributed by atoms with Crippen LogP contribution in [0.15, 0.2) is 144 Å². The Morgan fingerprint density at radius 3 is 2.11 bits per heavy atom. The number of benzene rings is 7. The Labute approximate surface area is 347 Å². The van der Waals surface area contributed by atoms with Gasteiger partial charge in [0.25, 0.3) is 0 Å². The number of aryl methyl sites for hydroxylation is 2. The maximum Gasteiger partial charge on any atom is 0.121 e. The molecule has 283 valence electrons. The largest absolute Gasteiger partial charge is 0.501 e. The zero-order valence-corrected chi connectivity index (χ0v) is 35.4. The van der Waals surface area contributed by atoms with Gasteiger partial charge >= 0.3 is 0 Å². The van der Waals surface area contributed by atoms with Gasteiger partial charge in [0.1, 0.15) is 5.58 Å². The van der Waals surface area contributed by atoms with Crippen LogP contribution in [0.1, 0.15) is 61.8 Å². The summed E-state index contributed by atoms with van der Waals surface area (Å²) >= 11 is 0. The number of hydrogen-bond donors (Lipinski definition) is 0. The molecule has 0 aliphatic heterocycles. The molecule has 4 nitrogen and oxygen atoms in total. The van der Waals surface area contributed by atoms with E-state index in [-0.39, 0.29) is 20.1 Å². The Morgan fingerprint density at radius 1 is 0.614 bits per heavy atom. The zero-order valence-electron chi connectivity index (χ0n) is 33.0. The topological polar surface area (TPSA) is 43.9 Å². The maximum atomic E-state index is 6.39. The molecule has 0 bridgehead atoms. The zero-order chi connectivity index (χ0) is 38.5. The normalized spacial score (nSPS) is 11.5. The monoisotopic (exact) mass is 918 g/mol. The SMILES string of the molecule is CC(C)c1cccc(C(C)C)c1-n1c(-c2[c-]cccc2)nc2ccccc21.Cc1cnc(-c2[c-]ccc3c2oc2cc4c(ccc5ccccc54)cc23)cc1C.[Ir]. The molecular formula is C52H43IrN3O-2. The van der Waals surface area contributed by atoms with Crippen molar-refractivity contribution in [1.82, 2.24) is 14.5 Å². The molecule has 3 aromatic heterocycles. The second-order valence-electron chi connectivity index (χ2n) is 15.3. The molecule has 0 atom stereocenters. The van der Waals surface area contributed by atoms with Crippen LogP contribution in [-0.2, 0) is 20.1 Å². The Balaban J connectivity index is 0.000000157. The van der Waals surface area contributed by atoms with Crippen LogP contribution in [0.4, 0.5) is 0 Å². The van der Waals surface area contributed by atoms with Gasteiger partial charge in [0.2, 0.25) is 0 Å². The van der Waals surface area contributed by atoms with Crippen LogP contribution in [0, 0.1) is 26.0 Å². The first-order valence-electron chi connectivity index (χ1n) is 19.5. The number of imidazole rings is 1. The van der Waals surface area contributed by atoms with E-state index in [1.54, 1.807) is 0 Å². The molecule has 0 aliphatic carbocycles. The second kappa shape index (κ2) is 15.6. The second-order valence-corrected chi connectivity index (χ2v) is 15.3. The van der Waals surface area contributed by atoms with E-state index in [1.165, 1.54) is 49.5 Å². The predicted molar refractivity (Wildman–Crippen MR) is 234 cm³/mol. The van der Waals surface area contributed by atoms with Gasteiger partial charge in [-0.3, -0.25) is 4.98 Å². The Kier molecular flexibility index (Phi) is 10.4. The summed E-state index contributed by atoms with van der Waals surface area (Å²) in [6, 6.07) is 53.3. The molecule has 5 heteroatoms. The van der Waals surface area contributed by atoms with Crippen molar-refractivity contribution in [2.45, 2.75) is 53.4 Å². The minimum atomic E-state index is 0. The molecule has 7 aromatic carbocycles. The van der Waals surface area contributed by atoms with Gasteiger partial charge in [-0.15, -0.1) is 54.1 Å². The van der Waals surface area contributed by atoms with Crippen molar-refractivity contribution in [2.75, 3.05) is 0 Å². The third kappa shape index (κ3) is 6.86. The van der Waals surface area contributed by atoms with Gasteiger partial charge in [-0.05, 0) is 93.9 Å². The van der Waals surface area contributed by atoms with E-state index in [0.717, 1.165) is 55.6 Å². The van der Waals surface area contributed by atoms with Gasteiger partial charge in [-0.25, -0.2) is 0 Å². The van der Waals surface area contributed by atoms with Crippen molar-refractivity contribution in [2.24, 2.45) is 0 Å². The Morgan fingerprint density at radius 2 is 1.35 bits per heavy atom. The maximum absolute atomic E-state index is 6.39. The number of pyridine rings is 1. The van der Waals surface area contributed by atoms with Crippen LogP contribution in [0.5, 0.6) is 0 Å². The van der Waals surface area contributed by atoms with E-state index in [4.69, 9.17) is 9.40 Å². The number of nitrogens with zero attached hydrogens (tertiary/aromatic N) is 3. The number of para-hydroxylation sites is 3. The molecule has 57 heavy (non-hydrogen) atoms. The molecule has 1 radical (unpaired) electrons. The van der Waals surface area contributed by atoms with E-state index >= 15 is 0 Å². The van der Waals surface area contributed by atoms with E-state index in [0.29, 0.717) is 11.8 Å². The van der Waals surface area contributed by atoms with E-state index in [1.807, 2.05) is 30.5 Å². The van der Waals surface area contributed by atoms with Crippen molar-refractivity contribution in [3.63, 3.8) is 0 Å². The number of rotatable bonds is 5. The van der Waals surface area contributed by atoms with Crippen molar-refractivity contribution in [3.05, 3.63) is 174 Å². The van der Waals surface area contributed by atoms with Crippen LogP contribution >= 0.6 is 0 Å². The first kappa shape index (κ1) is 38.0. The van der Waals surface area contributed by atoms with E-state index in [2.05, 4.69) is 172 Å². The fraction of sp³-hybridized carbons (Fsp3) is 0.154. The average molecular weight is 918 g/mol. The minimum absolute atomic E-state index is 0. The Hall–Kier alpha value is -5.87. The summed E-state index contributed by atoms with van der Waals surface area (Å²) in [7, 11) is 0. The van der Waals surface area contributed by atoms with Crippen LogP contribution in [0.3, 0.4) is 0 Å². The van der Waals surface area contributed by atoms with Crippen molar-refractivity contribution in [3.8, 4) is 28.3 Å². The van der Waals surface area contributed by atoms with Gasteiger partial charge in [0, 0.05) is 37.4 Å². The fourth-order valence-corrected chi connectivity index (χ4v) is 7.93. The third-order valence-electron chi connectivity index (χ3n) is 11.0. The average Bonchev–Trinajstić information content (AvgIpc) is 3.79. The third-order valence-corrected chi connectivity index (χ3v) is 11.0. The predicted octanol–water partition coefficient (Wildman–Crippen LogP) is 14.1. The van der Waals surface area contributed by atoms with Crippen LogP contribution in [0.25, 0.3) is 82.8 Å². The van der Waals surface area contributed by atoms with E-state index in [9.17, 15) is 0 Å². The molecule has 0 unspecified atom stereocenters. The molecule has 0 fully saturated rings. The first-order chi connectivity index (χ1) is 27.3. The summed E-state index contributed by atoms with van der Waals surface area (Å²) < 4.78 is 8.73. The van der Waals surface area contributed by atoms with Gasteiger partial charge in [0.15, 0.2) is 0 Å². The van der Waals surface area contributed by atoms with Crippen molar-refractivity contribution >= 4 is 54.5 Å². The van der Waals surface area contributed by atoms with Crippen molar-refractivity contribution < 1.29 is 24.5 Å². The number of furan rings is 1. The standard InChI is InChI=1S/C27H18NO.C25H25N2.Ir/c1-16-12-25(28-15-17(16)2)22-9-5-8-21-24-13-19-11-10-18-6-3-4-7-20(18)23(19)14-26(24)29-27(21)22;1-17(2)20-13-10-14-21(18(3)4)24(20)27-23-16-9-8-15-22(23)26-25(27)19-11-6-5-7-12-19;/h3-8,10-15H,1-2H3;5-11,13-18H,1-4H3;/q2*-1;. The molecule has 0 saturated carbocycles. The molecule has 0 aliphatic rings. The molecule has 10 rings (SSSR count). The van der Waals surface area contributed by atoms with Gasteiger partial charge in [-0.2, -0.15) is 0 Å².